The molecule has 0 spiro atoms. The van der Waals surface area contributed by atoms with Gasteiger partial charge in [0.15, 0.2) is 0 Å². The van der Waals surface area contributed by atoms with Gasteiger partial charge >= 0.3 is 0 Å². The standard InChI is InChI=1S/C18H29NOS/c1-15(2)13-19-14-18(9-11-20-16(18)3)10-12-21-17-7-5-4-6-8-17/h4-8,15-16,19H,9-14H2,1-3H3. The Balaban J connectivity index is 1.84. The van der Waals surface area contributed by atoms with E-state index in [2.05, 4.69) is 56.4 Å². The first kappa shape index (κ1) is 16.9. The number of hydrogen-bond acceptors (Lipinski definition) is 3. The summed E-state index contributed by atoms with van der Waals surface area (Å²) >= 11 is 1.96. The SMILES string of the molecule is CC(C)CNCC1(CCSc2ccccc2)CCOC1C. The van der Waals surface area contributed by atoms with Gasteiger partial charge in [-0.3, -0.25) is 0 Å². The van der Waals surface area contributed by atoms with Crippen LogP contribution in [-0.2, 0) is 4.74 Å². The first-order valence-electron chi connectivity index (χ1n) is 8.12. The molecule has 2 rings (SSSR count). The summed E-state index contributed by atoms with van der Waals surface area (Å²) in [6, 6.07) is 10.7. The Kier molecular flexibility index (Phi) is 6.59. The number of ether oxygens (including phenoxy) is 1. The van der Waals surface area contributed by atoms with Crippen LogP contribution in [0.1, 0.15) is 33.6 Å². The zero-order valence-corrected chi connectivity index (χ0v) is 14.4. The highest BCUT2D eigenvalue weighted by Crippen LogP contribution is 2.39. The van der Waals surface area contributed by atoms with Crippen LogP contribution in [0, 0.1) is 11.3 Å². The van der Waals surface area contributed by atoms with Crippen molar-refractivity contribution in [1.29, 1.82) is 0 Å². The minimum absolute atomic E-state index is 0.316. The predicted molar refractivity (Wildman–Crippen MR) is 92.0 cm³/mol. The first-order valence-corrected chi connectivity index (χ1v) is 9.11. The van der Waals surface area contributed by atoms with Gasteiger partial charge in [0.05, 0.1) is 6.10 Å². The third-order valence-electron chi connectivity index (χ3n) is 4.47. The first-order chi connectivity index (χ1) is 10.1. The predicted octanol–water partition coefficient (Wildman–Crippen LogP) is 4.21. The van der Waals surface area contributed by atoms with Crippen LogP contribution >= 0.6 is 11.8 Å². The van der Waals surface area contributed by atoms with Crippen molar-refractivity contribution in [2.45, 2.75) is 44.6 Å². The Bertz CT molecular complexity index is 409. The summed E-state index contributed by atoms with van der Waals surface area (Å²) in [7, 11) is 0. The zero-order chi connectivity index (χ0) is 15.1. The summed E-state index contributed by atoms with van der Waals surface area (Å²) < 4.78 is 5.88. The minimum atomic E-state index is 0.316. The fourth-order valence-corrected chi connectivity index (χ4v) is 4.06. The molecular formula is C18H29NOS. The van der Waals surface area contributed by atoms with Crippen molar-refractivity contribution in [2.75, 3.05) is 25.4 Å². The molecule has 3 heteroatoms. The van der Waals surface area contributed by atoms with E-state index in [9.17, 15) is 0 Å². The summed E-state index contributed by atoms with van der Waals surface area (Å²) in [4.78, 5) is 1.37. The monoisotopic (exact) mass is 307 g/mol. The van der Waals surface area contributed by atoms with Gasteiger partial charge in [0, 0.05) is 23.5 Å². The third kappa shape index (κ3) is 5.01. The van der Waals surface area contributed by atoms with Crippen molar-refractivity contribution in [3.63, 3.8) is 0 Å². The molecule has 1 aromatic carbocycles. The Labute approximate surface area is 134 Å². The van der Waals surface area contributed by atoms with Crippen molar-refractivity contribution in [3.8, 4) is 0 Å². The molecule has 1 saturated heterocycles. The van der Waals surface area contributed by atoms with Gasteiger partial charge < -0.3 is 10.1 Å². The topological polar surface area (TPSA) is 21.3 Å². The van der Waals surface area contributed by atoms with Crippen LogP contribution in [-0.4, -0.2) is 31.6 Å². The lowest BCUT2D eigenvalue weighted by molar-refractivity contribution is 0.0613. The smallest absolute Gasteiger partial charge is 0.0616 e. The Morgan fingerprint density at radius 3 is 2.71 bits per heavy atom. The van der Waals surface area contributed by atoms with Crippen LogP contribution < -0.4 is 5.32 Å². The van der Waals surface area contributed by atoms with Crippen LogP contribution in [0.2, 0.25) is 0 Å². The number of thioether (sulfide) groups is 1. The van der Waals surface area contributed by atoms with E-state index in [0.29, 0.717) is 17.4 Å². The summed E-state index contributed by atoms with van der Waals surface area (Å²) in [6.07, 6.45) is 2.78. The van der Waals surface area contributed by atoms with E-state index < -0.39 is 0 Å². The molecule has 0 amide bonds. The summed E-state index contributed by atoms with van der Waals surface area (Å²) in [6.45, 7) is 9.87. The van der Waals surface area contributed by atoms with Crippen molar-refractivity contribution in [3.05, 3.63) is 30.3 Å². The second-order valence-electron chi connectivity index (χ2n) is 6.56. The van der Waals surface area contributed by atoms with Crippen LogP contribution in [0.5, 0.6) is 0 Å². The van der Waals surface area contributed by atoms with Gasteiger partial charge in [0.2, 0.25) is 0 Å². The maximum absolute atomic E-state index is 5.88. The molecule has 1 aliphatic rings. The van der Waals surface area contributed by atoms with Gasteiger partial charge in [-0.1, -0.05) is 32.0 Å². The molecule has 1 N–H and O–H groups in total. The fraction of sp³-hybridized carbons (Fsp3) is 0.667. The molecule has 118 valence electrons. The minimum Gasteiger partial charge on any atom is -0.378 e. The molecule has 0 saturated carbocycles. The molecule has 1 aromatic rings. The van der Waals surface area contributed by atoms with Crippen LogP contribution in [0.25, 0.3) is 0 Å². The highest BCUT2D eigenvalue weighted by Gasteiger charge is 2.40. The van der Waals surface area contributed by atoms with Crippen LogP contribution in [0.4, 0.5) is 0 Å². The summed E-state index contributed by atoms with van der Waals surface area (Å²) in [5.74, 6) is 1.87. The Morgan fingerprint density at radius 2 is 2.10 bits per heavy atom. The number of rotatable bonds is 8. The lowest BCUT2D eigenvalue weighted by Gasteiger charge is -2.33. The molecule has 2 nitrogen and oxygen atoms in total. The average molecular weight is 308 g/mol. The second-order valence-corrected chi connectivity index (χ2v) is 7.73. The maximum Gasteiger partial charge on any atom is 0.0616 e. The second kappa shape index (κ2) is 8.21. The van der Waals surface area contributed by atoms with Crippen LogP contribution in [0.3, 0.4) is 0 Å². The van der Waals surface area contributed by atoms with E-state index in [-0.39, 0.29) is 0 Å². The fourth-order valence-electron chi connectivity index (χ4n) is 2.97. The number of benzene rings is 1. The van der Waals surface area contributed by atoms with Gasteiger partial charge in [-0.25, -0.2) is 0 Å². The highest BCUT2D eigenvalue weighted by molar-refractivity contribution is 7.99. The number of hydrogen-bond donors (Lipinski definition) is 1. The Morgan fingerprint density at radius 1 is 1.33 bits per heavy atom. The molecule has 2 atom stereocenters. The highest BCUT2D eigenvalue weighted by atomic mass is 32.2. The van der Waals surface area contributed by atoms with Gasteiger partial charge in [-0.2, -0.15) is 0 Å². The van der Waals surface area contributed by atoms with Crippen molar-refractivity contribution in [2.24, 2.45) is 11.3 Å². The molecule has 0 aromatic heterocycles. The van der Waals surface area contributed by atoms with E-state index in [1.54, 1.807) is 0 Å². The summed E-state index contributed by atoms with van der Waals surface area (Å²) in [5.41, 5.74) is 0.316. The molecule has 2 unspecified atom stereocenters. The normalized spacial score (nSPS) is 25.6. The maximum atomic E-state index is 5.88. The molecule has 0 radical (unpaired) electrons. The molecule has 1 heterocycles. The summed E-state index contributed by atoms with van der Waals surface area (Å²) in [5, 5.41) is 3.66. The van der Waals surface area contributed by atoms with E-state index in [1.165, 1.54) is 23.5 Å². The van der Waals surface area contributed by atoms with E-state index in [4.69, 9.17) is 4.74 Å². The van der Waals surface area contributed by atoms with Gasteiger partial charge in [-0.05, 0) is 50.1 Å². The lowest BCUT2D eigenvalue weighted by Crippen LogP contribution is -2.41. The molecule has 0 bridgehead atoms. The molecule has 1 fully saturated rings. The van der Waals surface area contributed by atoms with E-state index in [1.807, 2.05) is 11.8 Å². The van der Waals surface area contributed by atoms with E-state index >= 15 is 0 Å². The number of nitrogens with one attached hydrogen (secondary N) is 1. The lowest BCUT2D eigenvalue weighted by atomic mass is 9.79. The third-order valence-corrected chi connectivity index (χ3v) is 5.49. The van der Waals surface area contributed by atoms with Gasteiger partial charge in [0.25, 0.3) is 0 Å². The van der Waals surface area contributed by atoms with E-state index in [0.717, 1.165) is 19.7 Å². The Hall–Kier alpha value is -0.510. The zero-order valence-electron chi connectivity index (χ0n) is 13.6. The average Bonchev–Trinajstić information content (AvgIpc) is 2.81. The molecule has 1 aliphatic heterocycles. The quantitative estimate of drug-likeness (QED) is 0.727. The van der Waals surface area contributed by atoms with Crippen LogP contribution in [0.15, 0.2) is 35.2 Å². The molecule has 21 heavy (non-hydrogen) atoms. The van der Waals surface area contributed by atoms with Crippen molar-refractivity contribution in [1.82, 2.24) is 5.32 Å². The van der Waals surface area contributed by atoms with Gasteiger partial charge in [0.1, 0.15) is 0 Å². The largest absolute Gasteiger partial charge is 0.378 e. The van der Waals surface area contributed by atoms with Crippen molar-refractivity contribution < 1.29 is 4.74 Å². The molecule has 0 aliphatic carbocycles. The van der Waals surface area contributed by atoms with Gasteiger partial charge in [-0.15, -0.1) is 11.8 Å². The van der Waals surface area contributed by atoms with Crippen molar-refractivity contribution >= 4 is 11.8 Å². The molecular weight excluding hydrogens is 278 g/mol.